The maximum absolute atomic E-state index is 8.68. The Balaban J connectivity index is 0.000000116. The highest BCUT2D eigenvalue weighted by molar-refractivity contribution is 14.1. The number of benzene rings is 21. The number of nitrogens with one attached hydrogen (secondary N) is 1. The summed E-state index contributed by atoms with van der Waals surface area (Å²) >= 11 is 14.2. The number of oxazole rings is 2. The molecular weight excluding hydrogens is 1800 g/mol. The van der Waals surface area contributed by atoms with Gasteiger partial charge in [-0.2, -0.15) is 0 Å². The molecule has 0 bridgehead atoms. The van der Waals surface area contributed by atoms with Crippen molar-refractivity contribution in [3.8, 4) is 78.5 Å². The van der Waals surface area contributed by atoms with Crippen molar-refractivity contribution in [3.05, 3.63) is 481 Å². The van der Waals surface area contributed by atoms with Crippen molar-refractivity contribution < 1.29 is 27.7 Å². The standard InChI is InChI=1S/C51H32N2O2.C33H20N2O2.C18H13Cl.C12H9I.C6H6BClO2/c1-3-12-33(13-4-1)37-16-11-17-38(30-37)41-18-7-9-20-46(41)53(40-27-29-48-44(32-40)42-19-8-10-21-47(42)54-48)39-26-24-34-22-23-35-25-28-45-50(49(35)43(34)31-39)55-51(52-45)36-14-5-2-6-15-36;1-2-6-22(7-3-1)33-35-28-16-13-21-11-10-20-12-14-23(18-26(20)31(21)32(28)37-33)34-24-15-17-30-27(19-24)25-8-4-5-9-29(25)36-30;19-18-12-5-4-11-17(18)16-10-6-9-15(13-16)14-7-2-1-3-8-14;13-12-8-4-7-11(9-12)10-5-2-1-3-6-10;8-6-4-2-1-3-5(6)7(9)10/h1-32H;1-19,34H;1-13H;1-9H;1-4,9-10H. The lowest BCUT2D eigenvalue weighted by molar-refractivity contribution is 0.426. The third kappa shape index (κ3) is 17.9. The van der Waals surface area contributed by atoms with Gasteiger partial charge in [0.2, 0.25) is 11.8 Å². The van der Waals surface area contributed by atoms with Crippen LogP contribution in [-0.2, 0) is 0 Å². The van der Waals surface area contributed by atoms with Gasteiger partial charge in [0.05, 0.1) is 5.69 Å². The highest BCUT2D eigenvalue weighted by Gasteiger charge is 2.24. The Morgan fingerprint density at radius 3 is 1.16 bits per heavy atom. The molecule has 25 aromatic rings. The van der Waals surface area contributed by atoms with Gasteiger partial charge in [-0.15, -0.1) is 0 Å². The predicted molar refractivity (Wildman–Crippen MR) is 567 cm³/mol. The molecule has 0 unspecified atom stereocenters. The number of anilines is 5. The Bertz CT molecular complexity index is 8590. The lowest BCUT2D eigenvalue weighted by Crippen LogP contribution is -2.30. The van der Waals surface area contributed by atoms with Crippen LogP contribution in [0.5, 0.6) is 0 Å². The highest BCUT2D eigenvalue weighted by atomic mass is 127. The quantitative estimate of drug-likeness (QED) is 0.0582. The minimum Gasteiger partial charge on any atom is -0.456 e. The normalized spacial score (nSPS) is 11.2. The van der Waals surface area contributed by atoms with Crippen molar-refractivity contribution in [1.82, 2.24) is 9.97 Å². The fourth-order valence-electron chi connectivity index (χ4n) is 17.5. The molecule has 0 amide bonds. The molecule has 0 aliphatic carbocycles. The van der Waals surface area contributed by atoms with Gasteiger partial charge in [-0.3, -0.25) is 0 Å². The molecule has 0 aliphatic rings. The second-order valence-electron chi connectivity index (χ2n) is 32.5. The fourth-order valence-corrected chi connectivity index (χ4v) is 18.5. The van der Waals surface area contributed by atoms with E-state index >= 15 is 0 Å². The third-order valence-electron chi connectivity index (χ3n) is 24.0. The van der Waals surface area contributed by atoms with Crippen molar-refractivity contribution in [3.63, 3.8) is 0 Å². The van der Waals surface area contributed by atoms with Crippen molar-refractivity contribution in [1.29, 1.82) is 0 Å². The molecule has 0 fully saturated rings. The number of aromatic nitrogens is 2. The van der Waals surface area contributed by atoms with Gasteiger partial charge in [-0.05, 0) is 251 Å². The van der Waals surface area contributed by atoms with Crippen molar-refractivity contribution in [2.45, 2.75) is 0 Å². The maximum Gasteiger partial charge on any atom is 0.489 e. The molecule has 10 nitrogen and oxygen atoms in total. The summed E-state index contributed by atoms with van der Waals surface area (Å²) in [7, 11) is -1.48. The first-order valence-corrected chi connectivity index (χ1v) is 45.9. The largest absolute Gasteiger partial charge is 0.489 e. The summed E-state index contributed by atoms with van der Waals surface area (Å²) in [6.07, 6.45) is 0. The smallest absolute Gasteiger partial charge is 0.456 e. The molecule has 0 aliphatic heterocycles. The van der Waals surface area contributed by atoms with E-state index in [9.17, 15) is 0 Å². The van der Waals surface area contributed by atoms with E-state index in [0.717, 1.165) is 176 Å². The predicted octanol–water partition coefficient (Wildman–Crippen LogP) is 33.6. The number of nitrogens with zero attached hydrogens (tertiary/aromatic N) is 3. The molecule has 0 spiro atoms. The second-order valence-corrected chi connectivity index (χ2v) is 34.5. The first-order chi connectivity index (χ1) is 66.0. The van der Waals surface area contributed by atoms with Gasteiger partial charge in [-0.1, -0.05) is 339 Å². The average Bonchev–Trinajstić information content (AvgIpc) is 1.22. The van der Waals surface area contributed by atoms with E-state index < -0.39 is 7.12 Å². The molecule has 21 aromatic carbocycles. The number of para-hydroxylation sites is 3. The number of hydrogen-bond donors (Lipinski definition) is 3. The zero-order valence-electron chi connectivity index (χ0n) is 72.0. The molecule has 3 N–H and O–H groups in total. The van der Waals surface area contributed by atoms with Crippen LogP contribution in [0.15, 0.2) is 485 Å². The van der Waals surface area contributed by atoms with Crippen LogP contribution < -0.4 is 15.7 Å². The molecular formula is C120H80BCl2IN4O6. The van der Waals surface area contributed by atoms with E-state index in [4.69, 9.17) is 60.9 Å². The Labute approximate surface area is 796 Å². The van der Waals surface area contributed by atoms with E-state index in [1.165, 1.54) is 37.0 Å². The van der Waals surface area contributed by atoms with Gasteiger partial charge in [0, 0.05) is 96.4 Å². The summed E-state index contributed by atoms with van der Waals surface area (Å²) in [6, 6.07) is 160. The molecule has 25 rings (SSSR count). The van der Waals surface area contributed by atoms with Gasteiger partial charge in [-0.25, -0.2) is 9.97 Å². The number of fused-ring (bicyclic) bond motifs is 16. The first kappa shape index (κ1) is 84.9. The summed E-state index contributed by atoms with van der Waals surface area (Å²) in [5.74, 6) is 1.25. The third-order valence-corrected chi connectivity index (χ3v) is 25.3. The van der Waals surface area contributed by atoms with Crippen LogP contribution in [0.4, 0.5) is 28.4 Å². The average molecular weight is 1880 g/mol. The van der Waals surface area contributed by atoms with Crippen LogP contribution in [0.3, 0.4) is 0 Å². The summed E-state index contributed by atoms with van der Waals surface area (Å²) in [4.78, 5) is 12.1. The monoisotopic (exact) mass is 1880 g/mol. The summed E-state index contributed by atoms with van der Waals surface area (Å²) in [5, 5.41) is 35.3. The minimum absolute atomic E-state index is 0.337. The minimum atomic E-state index is -1.48. The highest BCUT2D eigenvalue weighted by Crippen LogP contribution is 2.47. The van der Waals surface area contributed by atoms with Gasteiger partial charge < -0.3 is 37.9 Å². The second kappa shape index (κ2) is 38.3. The van der Waals surface area contributed by atoms with Crippen molar-refractivity contribution in [2.75, 3.05) is 10.2 Å². The van der Waals surface area contributed by atoms with Crippen LogP contribution in [0.2, 0.25) is 10.0 Å². The molecule has 640 valence electrons. The maximum atomic E-state index is 8.68. The van der Waals surface area contributed by atoms with E-state index in [1.807, 2.05) is 140 Å². The molecule has 0 atom stereocenters. The summed E-state index contributed by atoms with van der Waals surface area (Å²) < 4.78 is 26.6. The van der Waals surface area contributed by atoms with Crippen LogP contribution >= 0.6 is 45.8 Å². The molecule has 0 saturated heterocycles. The summed E-state index contributed by atoms with van der Waals surface area (Å²) in [5.41, 5.74) is 26.0. The number of hydrogen-bond acceptors (Lipinski definition) is 10. The number of rotatable bonds is 13. The van der Waals surface area contributed by atoms with Crippen molar-refractivity contribution >= 4 is 196 Å². The fraction of sp³-hybridized carbons (Fsp3) is 0. The van der Waals surface area contributed by atoms with E-state index in [-0.39, 0.29) is 0 Å². The zero-order valence-corrected chi connectivity index (χ0v) is 75.7. The van der Waals surface area contributed by atoms with Crippen LogP contribution in [-0.4, -0.2) is 27.1 Å². The van der Waals surface area contributed by atoms with Gasteiger partial charge in [0.15, 0.2) is 11.2 Å². The lowest BCUT2D eigenvalue weighted by Gasteiger charge is -2.28. The molecule has 4 heterocycles. The Kier molecular flexibility index (Phi) is 24.2. The van der Waals surface area contributed by atoms with Crippen LogP contribution in [0.1, 0.15) is 0 Å². The van der Waals surface area contributed by atoms with E-state index in [2.05, 4.69) is 336 Å². The zero-order chi connectivity index (χ0) is 90.4. The van der Waals surface area contributed by atoms with Crippen LogP contribution in [0, 0.1) is 3.57 Å². The number of furan rings is 2. The lowest BCUT2D eigenvalue weighted by atomic mass is 9.80. The first-order valence-electron chi connectivity index (χ1n) is 44.1. The van der Waals surface area contributed by atoms with Gasteiger partial charge in [0.25, 0.3) is 0 Å². The summed E-state index contributed by atoms with van der Waals surface area (Å²) in [6.45, 7) is 0. The Morgan fingerprint density at radius 1 is 0.269 bits per heavy atom. The molecule has 0 saturated carbocycles. The van der Waals surface area contributed by atoms with Crippen LogP contribution in [0.25, 0.3) is 188 Å². The van der Waals surface area contributed by atoms with Gasteiger partial charge >= 0.3 is 7.12 Å². The number of halogens is 3. The van der Waals surface area contributed by atoms with Gasteiger partial charge in [0.1, 0.15) is 33.4 Å². The topological polar surface area (TPSA) is 134 Å². The molecule has 0 radical (unpaired) electrons. The Morgan fingerprint density at radius 2 is 0.634 bits per heavy atom. The molecule has 14 heteroatoms. The molecule has 4 aromatic heterocycles. The Hall–Kier alpha value is -15.9. The molecule has 134 heavy (non-hydrogen) atoms. The van der Waals surface area contributed by atoms with Crippen molar-refractivity contribution in [2.24, 2.45) is 0 Å². The van der Waals surface area contributed by atoms with E-state index in [0.29, 0.717) is 22.3 Å². The van der Waals surface area contributed by atoms with E-state index in [1.54, 1.807) is 24.3 Å². The SMILES string of the molecule is Clc1ccccc1-c1cccc(-c2ccccc2)c1.Ic1cccc(-c2ccccc2)c1.OB(O)c1ccccc1Cl.c1ccc(-c2cccc(-c3ccccc3N(c3ccc4oc5ccccc5c4c3)c3ccc4ccc5ccc6nc(-c7ccccc7)oc6c5c4c3)c2)cc1.c1ccc(-c2nc3ccc4ccc5ccc(Nc6ccc7oc8ccccc8c7c6)cc5c4c3o2)cc1.